The predicted octanol–water partition coefficient (Wildman–Crippen LogP) is 0.324. The van der Waals surface area contributed by atoms with Crippen LogP contribution in [-0.2, 0) is 11.2 Å². The average molecular weight is 195 g/mol. The number of carbonyl (C=O) groups is 1. The van der Waals surface area contributed by atoms with E-state index in [1.807, 2.05) is 17.5 Å². The summed E-state index contributed by atoms with van der Waals surface area (Å²) in [7, 11) is 0. The van der Waals surface area contributed by atoms with E-state index in [9.17, 15) is 4.79 Å². The third kappa shape index (κ3) is 2.06. The minimum Gasteiger partial charge on any atom is -0.285 e. The van der Waals surface area contributed by atoms with Gasteiger partial charge in [0.1, 0.15) is 12.4 Å². The van der Waals surface area contributed by atoms with Crippen molar-refractivity contribution < 1.29 is 4.79 Å². The van der Waals surface area contributed by atoms with Gasteiger partial charge in [-0.1, -0.05) is 6.07 Å². The SMILES string of the molecule is O=C1CN=C(Cc2cccs2)NN1. The molecule has 0 aliphatic carbocycles. The largest absolute Gasteiger partial charge is 0.285 e. The highest BCUT2D eigenvalue weighted by molar-refractivity contribution is 7.10. The van der Waals surface area contributed by atoms with Crippen LogP contribution < -0.4 is 10.9 Å². The van der Waals surface area contributed by atoms with Gasteiger partial charge in [0.25, 0.3) is 5.91 Å². The highest BCUT2D eigenvalue weighted by Crippen LogP contribution is 2.09. The molecule has 2 N–H and O–H groups in total. The molecular formula is C8H9N3OS. The van der Waals surface area contributed by atoms with Crippen molar-refractivity contribution in [1.29, 1.82) is 0 Å². The van der Waals surface area contributed by atoms with Crippen molar-refractivity contribution in [2.45, 2.75) is 6.42 Å². The molecule has 0 aromatic carbocycles. The molecule has 1 aliphatic rings. The number of carbonyl (C=O) groups excluding carboxylic acids is 1. The van der Waals surface area contributed by atoms with Gasteiger partial charge in [-0.05, 0) is 11.4 Å². The normalized spacial score (nSPS) is 16.0. The molecular weight excluding hydrogens is 186 g/mol. The molecule has 1 aromatic heterocycles. The summed E-state index contributed by atoms with van der Waals surface area (Å²) >= 11 is 1.68. The molecule has 0 spiro atoms. The van der Waals surface area contributed by atoms with Crippen LogP contribution in [-0.4, -0.2) is 18.3 Å². The Morgan fingerprint density at radius 3 is 3.08 bits per heavy atom. The Balaban J connectivity index is 2.00. The molecule has 13 heavy (non-hydrogen) atoms. The molecule has 0 atom stereocenters. The molecule has 0 radical (unpaired) electrons. The van der Waals surface area contributed by atoms with Crippen LogP contribution in [0.2, 0.25) is 0 Å². The first-order valence-electron chi connectivity index (χ1n) is 3.95. The first kappa shape index (κ1) is 8.25. The van der Waals surface area contributed by atoms with Crippen molar-refractivity contribution in [1.82, 2.24) is 10.9 Å². The van der Waals surface area contributed by atoms with Crippen LogP contribution in [0.4, 0.5) is 0 Å². The first-order chi connectivity index (χ1) is 6.34. The van der Waals surface area contributed by atoms with E-state index in [-0.39, 0.29) is 12.5 Å². The molecule has 4 nitrogen and oxygen atoms in total. The monoisotopic (exact) mass is 195 g/mol. The van der Waals surface area contributed by atoms with Gasteiger partial charge < -0.3 is 0 Å². The number of nitrogens with zero attached hydrogens (tertiary/aromatic N) is 1. The Labute approximate surface area is 79.7 Å². The predicted molar refractivity (Wildman–Crippen MR) is 51.6 cm³/mol. The van der Waals surface area contributed by atoms with Gasteiger partial charge in [0.2, 0.25) is 0 Å². The van der Waals surface area contributed by atoms with Crippen molar-refractivity contribution in [2.24, 2.45) is 4.99 Å². The maximum Gasteiger partial charge on any atom is 0.260 e. The summed E-state index contributed by atoms with van der Waals surface area (Å²) in [5.41, 5.74) is 5.29. The van der Waals surface area contributed by atoms with Gasteiger partial charge in [0, 0.05) is 11.3 Å². The zero-order valence-electron chi connectivity index (χ0n) is 6.91. The summed E-state index contributed by atoms with van der Waals surface area (Å²) in [4.78, 5) is 16.1. The summed E-state index contributed by atoms with van der Waals surface area (Å²) in [5, 5.41) is 2.03. The van der Waals surface area contributed by atoms with Gasteiger partial charge in [-0.2, -0.15) is 0 Å². The van der Waals surface area contributed by atoms with E-state index in [1.54, 1.807) is 11.3 Å². The lowest BCUT2D eigenvalue weighted by Crippen LogP contribution is -2.47. The third-order valence-corrected chi connectivity index (χ3v) is 2.56. The summed E-state index contributed by atoms with van der Waals surface area (Å²) in [6.07, 6.45) is 0.762. The van der Waals surface area contributed by atoms with Crippen LogP contribution >= 0.6 is 11.3 Å². The van der Waals surface area contributed by atoms with Crippen LogP contribution in [0.3, 0.4) is 0 Å². The molecule has 2 rings (SSSR count). The van der Waals surface area contributed by atoms with Crippen molar-refractivity contribution in [3.05, 3.63) is 22.4 Å². The van der Waals surface area contributed by atoms with Crippen LogP contribution in [0, 0.1) is 0 Å². The van der Waals surface area contributed by atoms with E-state index in [4.69, 9.17) is 0 Å². The average Bonchev–Trinajstić information content (AvgIpc) is 2.62. The standard InChI is InChI=1S/C8H9N3OS/c12-8-5-9-7(10-11-8)4-6-2-1-3-13-6/h1-3H,4-5H2,(H,9,10)(H,11,12). The van der Waals surface area contributed by atoms with E-state index in [2.05, 4.69) is 15.8 Å². The summed E-state index contributed by atoms with van der Waals surface area (Å²) in [6.45, 7) is 0.230. The van der Waals surface area contributed by atoms with E-state index in [0.717, 1.165) is 12.3 Å². The van der Waals surface area contributed by atoms with Gasteiger partial charge in [-0.25, -0.2) is 0 Å². The van der Waals surface area contributed by atoms with Crippen molar-refractivity contribution in [3.8, 4) is 0 Å². The number of rotatable bonds is 2. The molecule has 0 saturated heterocycles. The molecule has 5 heteroatoms. The molecule has 1 aromatic rings. The number of nitrogens with one attached hydrogen (secondary N) is 2. The quantitative estimate of drug-likeness (QED) is 0.714. The molecule has 0 bridgehead atoms. The van der Waals surface area contributed by atoms with Gasteiger partial charge >= 0.3 is 0 Å². The Morgan fingerprint density at radius 2 is 2.46 bits per heavy atom. The lowest BCUT2D eigenvalue weighted by atomic mass is 10.3. The number of aliphatic imine (C=N–C) groups is 1. The second-order valence-corrected chi connectivity index (χ2v) is 3.72. The zero-order valence-corrected chi connectivity index (χ0v) is 7.73. The topological polar surface area (TPSA) is 53.5 Å². The highest BCUT2D eigenvalue weighted by Gasteiger charge is 2.09. The summed E-state index contributed by atoms with van der Waals surface area (Å²) in [5.74, 6) is 0.733. The number of hydrogen-bond acceptors (Lipinski definition) is 4. The molecule has 1 aliphatic heterocycles. The molecule has 1 amide bonds. The van der Waals surface area contributed by atoms with E-state index in [0.29, 0.717) is 0 Å². The maximum absolute atomic E-state index is 10.7. The van der Waals surface area contributed by atoms with Crippen molar-refractivity contribution in [2.75, 3.05) is 6.54 Å². The van der Waals surface area contributed by atoms with Crippen LogP contribution in [0.15, 0.2) is 22.5 Å². The van der Waals surface area contributed by atoms with E-state index < -0.39 is 0 Å². The van der Waals surface area contributed by atoms with Gasteiger partial charge in [0.15, 0.2) is 0 Å². The molecule has 0 fully saturated rings. The van der Waals surface area contributed by atoms with Gasteiger partial charge in [-0.3, -0.25) is 20.6 Å². The molecule has 0 saturated carbocycles. The van der Waals surface area contributed by atoms with Gasteiger partial charge in [0.05, 0.1) is 0 Å². The number of amidine groups is 1. The second-order valence-electron chi connectivity index (χ2n) is 2.69. The van der Waals surface area contributed by atoms with Crippen LogP contribution in [0.25, 0.3) is 0 Å². The third-order valence-electron chi connectivity index (χ3n) is 1.68. The fourth-order valence-electron chi connectivity index (χ4n) is 1.07. The van der Waals surface area contributed by atoms with Crippen molar-refractivity contribution in [3.63, 3.8) is 0 Å². The highest BCUT2D eigenvalue weighted by atomic mass is 32.1. The lowest BCUT2D eigenvalue weighted by molar-refractivity contribution is -0.120. The van der Waals surface area contributed by atoms with Gasteiger partial charge in [-0.15, -0.1) is 11.3 Å². The Hall–Kier alpha value is -1.36. The first-order valence-corrected chi connectivity index (χ1v) is 4.83. The molecule has 0 unspecified atom stereocenters. The van der Waals surface area contributed by atoms with E-state index in [1.165, 1.54) is 4.88 Å². The number of hydrogen-bond donors (Lipinski definition) is 2. The van der Waals surface area contributed by atoms with E-state index >= 15 is 0 Å². The fraction of sp³-hybridized carbons (Fsp3) is 0.250. The number of hydrazine groups is 1. The second kappa shape index (κ2) is 3.57. The smallest absolute Gasteiger partial charge is 0.260 e. The minimum absolute atomic E-state index is 0.0880. The molecule has 2 heterocycles. The zero-order chi connectivity index (χ0) is 9.10. The van der Waals surface area contributed by atoms with Crippen molar-refractivity contribution >= 4 is 23.1 Å². The van der Waals surface area contributed by atoms with Crippen LogP contribution in [0.1, 0.15) is 4.88 Å². The fourth-order valence-corrected chi connectivity index (χ4v) is 1.78. The molecule has 68 valence electrons. The summed E-state index contributed by atoms with van der Waals surface area (Å²) < 4.78 is 0. The Bertz CT molecular complexity index is 331. The number of amides is 1. The number of thiophene rings is 1. The Kier molecular flexibility index (Phi) is 2.27. The summed E-state index contributed by atoms with van der Waals surface area (Å²) in [6, 6.07) is 4.05. The maximum atomic E-state index is 10.7. The van der Waals surface area contributed by atoms with Crippen LogP contribution in [0.5, 0.6) is 0 Å². The minimum atomic E-state index is -0.0880. The lowest BCUT2D eigenvalue weighted by Gasteiger charge is -2.14. The Morgan fingerprint density at radius 1 is 1.54 bits per heavy atom.